The summed E-state index contributed by atoms with van der Waals surface area (Å²) in [7, 11) is 0. The lowest BCUT2D eigenvalue weighted by Gasteiger charge is -2.26. The van der Waals surface area contributed by atoms with Crippen LogP contribution in [0.2, 0.25) is 0 Å². The van der Waals surface area contributed by atoms with Crippen molar-refractivity contribution in [3.05, 3.63) is 35.4 Å². The first-order valence-electron chi connectivity index (χ1n) is 8.07. The molecule has 1 aromatic rings. The third-order valence-electron chi connectivity index (χ3n) is 4.12. The van der Waals surface area contributed by atoms with Crippen molar-refractivity contribution in [2.75, 3.05) is 32.7 Å². The molecule has 22 heavy (non-hydrogen) atoms. The van der Waals surface area contributed by atoms with Gasteiger partial charge in [-0.3, -0.25) is 0 Å². The Morgan fingerprint density at radius 2 is 1.55 bits per heavy atom. The van der Waals surface area contributed by atoms with Gasteiger partial charge in [-0.05, 0) is 43.5 Å². The summed E-state index contributed by atoms with van der Waals surface area (Å²) in [5, 5.41) is 4.33. The molecule has 1 fully saturated rings. The number of benzene rings is 1. The van der Waals surface area contributed by atoms with Crippen molar-refractivity contribution in [3.8, 4) is 0 Å². The zero-order chi connectivity index (χ0) is 15.8. The minimum absolute atomic E-state index is 0.565. The highest BCUT2D eigenvalue weighted by atomic mass is 19.4. The third kappa shape index (κ3) is 5.97. The zero-order valence-corrected chi connectivity index (χ0v) is 12.9. The first kappa shape index (κ1) is 17.3. The molecule has 0 unspecified atom stereocenters. The molecule has 123 valence electrons. The van der Waals surface area contributed by atoms with Crippen LogP contribution in [0.3, 0.4) is 0 Å². The second-order valence-corrected chi connectivity index (χ2v) is 5.87. The zero-order valence-electron chi connectivity index (χ0n) is 12.9. The van der Waals surface area contributed by atoms with Crippen LogP contribution in [0.4, 0.5) is 13.2 Å². The van der Waals surface area contributed by atoms with E-state index < -0.39 is 11.7 Å². The first-order valence-corrected chi connectivity index (χ1v) is 8.07. The van der Waals surface area contributed by atoms with E-state index in [0.29, 0.717) is 0 Å². The van der Waals surface area contributed by atoms with Crippen LogP contribution < -0.4 is 5.32 Å². The third-order valence-corrected chi connectivity index (χ3v) is 4.12. The van der Waals surface area contributed by atoms with Gasteiger partial charge in [0.15, 0.2) is 0 Å². The fourth-order valence-corrected chi connectivity index (χ4v) is 2.75. The van der Waals surface area contributed by atoms with Gasteiger partial charge in [-0.2, -0.15) is 13.2 Å². The van der Waals surface area contributed by atoms with Crippen molar-refractivity contribution in [1.29, 1.82) is 0 Å². The second kappa shape index (κ2) is 8.53. The summed E-state index contributed by atoms with van der Waals surface area (Å²) in [5.74, 6) is 0. The molecule has 0 bridgehead atoms. The summed E-state index contributed by atoms with van der Waals surface area (Å²) in [5.41, 5.74) is 0.426. The number of unbranched alkanes of at least 4 members (excludes halogenated alkanes) is 3. The maximum atomic E-state index is 12.5. The summed E-state index contributed by atoms with van der Waals surface area (Å²) in [4.78, 5) is 2.46. The Balaban J connectivity index is 1.56. The highest BCUT2D eigenvalue weighted by Crippen LogP contribution is 2.29. The van der Waals surface area contributed by atoms with E-state index in [2.05, 4.69) is 10.2 Å². The Hall–Kier alpha value is -1.07. The van der Waals surface area contributed by atoms with E-state index in [4.69, 9.17) is 0 Å². The standard InChI is InChI=1S/C17H24F3N2/c18-17(19,20)16-8-6-15(7-9-16)5-3-1-2-4-12-22-13-10-21-11-14-22/h6-9H,1-5,10-14H2. The molecule has 2 rings (SSSR count). The summed E-state index contributed by atoms with van der Waals surface area (Å²) in [6, 6.07) is 5.55. The van der Waals surface area contributed by atoms with E-state index >= 15 is 0 Å². The van der Waals surface area contributed by atoms with E-state index in [1.54, 1.807) is 12.1 Å². The van der Waals surface area contributed by atoms with Gasteiger partial charge in [-0.15, -0.1) is 0 Å². The average molecular weight is 313 g/mol. The fraction of sp³-hybridized carbons (Fsp3) is 0.647. The number of hydrogen-bond donors (Lipinski definition) is 0. The van der Waals surface area contributed by atoms with Gasteiger partial charge in [0.25, 0.3) is 0 Å². The van der Waals surface area contributed by atoms with E-state index in [0.717, 1.165) is 57.5 Å². The number of alkyl halides is 3. The normalized spacial score (nSPS) is 16.9. The number of nitrogens with zero attached hydrogens (tertiary/aromatic N) is 2. The largest absolute Gasteiger partial charge is 0.416 e. The summed E-state index contributed by atoms with van der Waals surface area (Å²) in [6.45, 7) is 5.26. The van der Waals surface area contributed by atoms with Gasteiger partial charge in [0.05, 0.1) is 5.56 Å². The molecule has 1 aliphatic heterocycles. The summed E-state index contributed by atoms with van der Waals surface area (Å²) in [6.07, 6.45) is 1.20. The number of rotatable bonds is 7. The molecule has 1 heterocycles. The van der Waals surface area contributed by atoms with E-state index in [9.17, 15) is 13.2 Å². The molecule has 5 heteroatoms. The molecular formula is C17H24F3N2. The van der Waals surface area contributed by atoms with E-state index in [-0.39, 0.29) is 0 Å². The predicted octanol–water partition coefficient (Wildman–Crippen LogP) is 3.73. The quantitative estimate of drug-likeness (QED) is 0.701. The van der Waals surface area contributed by atoms with Gasteiger partial charge >= 0.3 is 6.18 Å². The Kier molecular flexibility index (Phi) is 6.70. The van der Waals surface area contributed by atoms with Crippen LogP contribution in [0, 0.1) is 0 Å². The van der Waals surface area contributed by atoms with Crippen LogP contribution >= 0.6 is 0 Å². The van der Waals surface area contributed by atoms with Gasteiger partial charge in [-0.1, -0.05) is 25.0 Å². The summed E-state index contributed by atoms with van der Waals surface area (Å²) >= 11 is 0. The van der Waals surface area contributed by atoms with Gasteiger partial charge in [0.2, 0.25) is 0 Å². The molecular weight excluding hydrogens is 289 g/mol. The Morgan fingerprint density at radius 1 is 0.909 bits per heavy atom. The van der Waals surface area contributed by atoms with Crippen molar-refractivity contribution in [2.24, 2.45) is 0 Å². The topological polar surface area (TPSA) is 17.3 Å². The minimum atomic E-state index is -4.24. The van der Waals surface area contributed by atoms with Crippen LogP contribution in [0.1, 0.15) is 36.8 Å². The van der Waals surface area contributed by atoms with Crippen molar-refractivity contribution in [2.45, 2.75) is 38.3 Å². The van der Waals surface area contributed by atoms with Crippen LogP contribution in [0.15, 0.2) is 24.3 Å². The molecule has 0 aromatic heterocycles. The Morgan fingerprint density at radius 3 is 2.18 bits per heavy atom. The number of aryl methyl sites for hydroxylation is 1. The maximum absolute atomic E-state index is 12.5. The van der Waals surface area contributed by atoms with Gasteiger partial charge in [0, 0.05) is 26.2 Å². The number of hydrogen-bond acceptors (Lipinski definition) is 1. The average Bonchev–Trinajstić information content (AvgIpc) is 2.51. The fourth-order valence-electron chi connectivity index (χ4n) is 2.75. The number of halogens is 3. The predicted molar refractivity (Wildman–Crippen MR) is 81.9 cm³/mol. The second-order valence-electron chi connectivity index (χ2n) is 5.87. The molecule has 0 aliphatic carbocycles. The van der Waals surface area contributed by atoms with E-state index in [1.807, 2.05) is 0 Å². The van der Waals surface area contributed by atoms with Crippen LogP contribution in [-0.4, -0.2) is 37.6 Å². The lowest BCUT2D eigenvalue weighted by Crippen LogP contribution is -2.40. The molecule has 0 atom stereocenters. The molecule has 1 aromatic carbocycles. The maximum Gasteiger partial charge on any atom is 0.416 e. The number of piperazine rings is 1. The van der Waals surface area contributed by atoms with E-state index in [1.165, 1.54) is 25.0 Å². The molecule has 0 N–H and O–H groups in total. The smallest absolute Gasteiger partial charge is 0.301 e. The molecule has 1 saturated heterocycles. The molecule has 0 saturated carbocycles. The molecule has 1 radical (unpaired) electrons. The van der Waals surface area contributed by atoms with Crippen molar-refractivity contribution >= 4 is 0 Å². The molecule has 0 spiro atoms. The van der Waals surface area contributed by atoms with Crippen molar-refractivity contribution in [3.63, 3.8) is 0 Å². The Bertz CT molecular complexity index is 423. The van der Waals surface area contributed by atoms with Crippen LogP contribution in [-0.2, 0) is 12.6 Å². The lowest BCUT2D eigenvalue weighted by molar-refractivity contribution is -0.137. The van der Waals surface area contributed by atoms with Gasteiger partial charge < -0.3 is 4.90 Å². The molecule has 2 nitrogen and oxygen atoms in total. The van der Waals surface area contributed by atoms with Crippen molar-refractivity contribution < 1.29 is 13.2 Å². The molecule has 0 amide bonds. The van der Waals surface area contributed by atoms with Gasteiger partial charge in [0.1, 0.15) is 0 Å². The highest BCUT2D eigenvalue weighted by Gasteiger charge is 2.29. The van der Waals surface area contributed by atoms with Crippen LogP contribution in [0.25, 0.3) is 0 Å². The molecule has 1 aliphatic rings. The van der Waals surface area contributed by atoms with Crippen molar-refractivity contribution in [1.82, 2.24) is 10.2 Å². The first-order chi connectivity index (χ1) is 10.6. The highest BCUT2D eigenvalue weighted by molar-refractivity contribution is 5.24. The van der Waals surface area contributed by atoms with Crippen LogP contribution in [0.5, 0.6) is 0 Å². The summed E-state index contributed by atoms with van der Waals surface area (Å²) < 4.78 is 37.4. The van der Waals surface area contributed by atoms with Gasteiger partial charge in [-0.25, -0.2) is 5.32 Å². The lowest BCUT2D eigenvalue weighted by atomic mass is 10.0. The Labute approximate surface area is 130 Å². The monoisotopic (exact) mass is 313 g/mol. The minimum Gasteiger partial charge on any atom is -0.301 e. The SMILES string of the molecule is FC(F)(F)c1ccc(CCCCCCN2CC[N]CC2)cc1.